The van der Waals surface area contributed by atoms with Crippen molar-refractivity contribution in [1.82, 2.24) is 5.32 Å². The first kappa shape index (κ1) is 13.8. The van der Waals surface area contributed by atoms with E-state index in [0.29, 0.717) is 19.5 Å². The van der Waals surface area contributed by atoms with E-state index in [4.69, 9.17) is 0 Å². The molecule has 0 amide bonds. The van der Waals surface area contributed by atoms with Crippen molar-refractivity contribution in [2.24, 2.45) is 0 Å². The van der Waals surface area contributed by atoms with Crippen LogP contribution in [0.2, 0.25) is 0 Å². The van der Waals surface area contributed by atoms with Crippen molar-refractivity contribution in [2.75, 3.05) is 29.7 Å². The van der Waals surface area contributed by atoms with Crippen molar-refractivity contribution in [2.45, 2.75) is 13.3 Å². The molecule has 0 spiro atoms. The monoisotopic (exact) mass is 332 g/mol. The number of nitrogens with one attached hydrogen (secondary N) is 1. The lowest BCUT2D eigenvalue weighted by molar-refractivity contribution is 0.572. The Morgan fingerprint density at radius 2 is 2.11 bits per heavy atom. The number of hydrogen-bond donors (Lipinski definition) is 1. The molecular formula is C12H17BrN2O2S. The maximum Gasteiger partial charge on any atom is 0.235 e. The van der Waals surface area contributed by atoms with Gasteiger partial charge in [0.25, 0.3) is 0 Å². The van der Waals surface area contributed by atoms with Crippen molar-refractivity contribution >= 4 is 31.6 Å². The fraction of sp³-hybridized carbons (Fsp3) is 0.500. The van der Waals surface area contributed by atoms with E-state index in [1.54, 1.807) is 0 Å². The van der Waals surface area contributed by atoms with Crippen molar-refractivity contribution in [3.8, 4) is 0 Å². The van der Waals surface area contributed by atoms with Crippen LogP contribution in [0.4, 0.5) is 5.69 Å². The van der Waals surface area contributed by atoms with Crippen LogP contribution in [-0.4, -0.2) is 33.8 Å². The smallest absolute Gasteiger partial charge is 0.235 e. The van der Waals surface area contributed by atoms with Crippen LogP contribution in [0.25, 0.3) is 0 Å². The van der Waals surface area contributed by atoms with Gasteiger partial charge in [-0.05, 0) is 43.7 Å². The molecule has 0 unspecified atom stereocenters. The number of benzene rings is 1. The third-order valence-electron chi connectivity index (χ3n) is 3.01. The predicted octanol–water partition coefficient (Wildman–Crippen LogP) is 1.89. The standard InChI is InChI=1S/C12H17BrN2O2S/c1-10-9-11(3-4-12(10)13)15-7-6-14-5-2-8-18(15,16)17/h3-4,9,14H,2,5-8H2,1H3. The zero-order valence-electron chi connectivity index (χ0n) is 10.3. The molecular weight excluding hydrogens is 316 g/mol. The van der Waals surface area contributed by atoms with Gasteiger partial charge in [-0.15, -0.1) is 0 Å². The van der Waals surface area contributed by atoms with Gasteiger partial charge >= 0.3 is 0 Å². The summed E-state index contributed by atoms with van der Waals surface area (Å²) in [5, 5.41) is 3.24. The molecule has 4 nitrogen and oxygen atoms in total. The lowest BCUT2D eigenvalue weighted by Crippen LogP contribution is -2.41. The first-order valence-corrected chi connectivity index (χ1v) is 8.38. The molecule has 0 radical (unpaired) electrons. The second-order valence-corrected chi connectivity index (χ2v) is 7.29. The predicted molar refractivity (Wildman–Crippen MR) is 77.5 cm³/mol. The van der Waals surface area contributed by atoms with Crippen LogP contribution in [0.15, 0.2) is 22.7 Å². The summed E-state index contributed by atoms with van der Waals surface area (Å²) in [6, 6.07) is 5.64. The number of hydrogen-bond acceptors (Lipinski definition) is 3. The van der Waals surface area contributed by atoms with Crippen molar-refractivity contribution < 1.29 is 8.42 Å². The van der Waals surface area contributed by atoms with Gasteiger partial charge < -0.3 is 5.32 Å². The maximum absolute atomic E-state index is 12.2. The molecule has 1 N–H and O–H groups in total. The summed E-state index contributed by atoms with van der Waals surface area (Å²) in [6.07, 6.45) is 0.661. The van der Waals surface area contributed by atoms with E-state index >= 15 is 0 Å². The van der Waals surface area contributed by atoms with Gasteiger partial charge in [-0.25, -0.2) is 8.42 Å². The molecule has 18 heavy (non-hydrogen) atoms. The zero-order valence-corrected chi connectivity index (χ0v) is 12.7. The number of anilines is 1. The molecule has 2 rings (SSSR count). The minimum absolute atomic E-state index is 0.203. The van der Waals surface area contributed by atoms with E-state index < -0.39 is 10.0 Å². The lowest BCUT2D eigenvalue weighted by Gasteiger charge is -2.27. The highest BCUT2D eigenvalue weighted by molar-refractivity contribution is 9.10. The molecule has 0 aliphatic carbocycles. The molecule has 1 aliphatic heterocycles. The Labute approximate surface area is 117 Å². The number of aryl methyl sites for hydroxylation is 1. The fourth-order valence-electron chi connectivity index (χ4n) is 2.01. The SMILES string of the molecule is Cc1cc(N2CCNCCCS2(=O)=O)ccc1Br. The maximum atomic E-state index is 12.2. The van der Waals surface area contributed by atoms with Crippen LogP contribution >= 0.6 is 15.9 Å². The molecule has 0 aromatic heterocycles. The summed E-state index contributed by atoms with van der Waals surface area (Å²) in [5.41, 5.74) is 1.79. The van der Waals surface area contributed by atoms with Gasteiger partial charge in [0.1, 0.15) is 0 Å². The molecule has 1 fully saturated rings. The Bertz CT molecular complexity index is 531. The zero-order chi connectivity index (χ0) is 13.2. The van der Waals surface area contributed by atoms with Gasteiger partial charge in [0.05, 0.1) is 11.4 Å². The molecule has 0 bridgehead atoms. The van der Waals surface area contributed by atoms with Crippen LogP contribution in [0.3, 0.4) is 0 Å². The molecule has 1 aromatic rings. The van der Waals surface area contributed by atoms with E-state index in [9.17, 15) is 8.42 Å². The van der Waals surface area contributed by atoms with Crippen LogP contribution in [0.5, 0.6) is 0 Å². The molecule has 1 saturated heterocycles. The van der Waals surface area contributed by atoms with Crippen molar-refractivity contribution in [3.63, 3.8) is 0 Å². The Kier molecular flexibility index (Phi) is 4.29. The molecule has 100 valence electrons. The van der Waals surface area contributed by atoms with E-state index in [1.165, 1.54) is 4.31 Å². The van der Waals surface area contributed by atoms with Crippen LogP contribution < -0.4 is 9.62 Å². The highest BCUT2D eigenvalue weighted by atomic mass is 79.9. The Morgan fingerprint density at radius 1 is 1.33 bits per heavy atom. The second-order valence-electron chi connectivity index (χ2n) is 4.43. The quantitative estimate of drug-likeness (QED) is 0.854. The second kappa shape index (κ2) is 5.59. The number of halogens is 1. The average molecular weight is 333 g/mol. The third-order valence-corrected chi connectivity index (χ3v) is 5.77. The minimum Gasteiger partial charge on any atom is -0.315 e. The van der Waals surface area contributed by atoms with E-state index in [-0.39, 0.29) is 5.75 Å². The number of nitrogens with zero attached hydrogens (tertiary/aromatic N) is 1. The van der Waals surface area contributed by atoms with Gasteiger partial charge in [0, 0.05) is 17.6 Å². The molecule has 0 saturated carbocycles. The summed E-state index contributed by atoms with van der Waals surface area (Å²) in [5.74, 6) is 0.203. The van der Waals surface area contributed by atoms with Crippen LogP contribution in [0.1, 0.15) is 12.0 Å². The first-order valence-electron chi connectivity index (χ1n) is 5.98. The summed E-state index contributed by atoms with van der Waals surface area (Å²) >= 11 is 3.43. The summed E-state index contributed by atoms with van der Waals surface area (Å²) in [4.78, 5) is 0. The highest BCUT2D eigenvalue weighted by Crippen LogP contribution is 2.25. The van der Waals surface area contributed by atoms with Gasteiger partial charge in [-0.2, -0.15) is 0 Å². The molecule has 6 heteroatoms. The normalized spacial score (nSPS) is 20.2. The Hall–Kier alpha value is -0.590. The minimum atomic E-state index is -3.19. The van der Waals surface area contributed by atoms with Gasteiger partial charge in [-0.1, -0.05) is 15.9 Å². The highest BCUT2D eigenvalue weighted by Gasteiger charge is 2.23. The average Bonchev–Trinajstić information content (AvgIpc) is 2.29. The molecule has 0 atom stereocenters. The Morgan fingerprint density at radius 3 is 2.83 bits per heavy atom. The molecule has 1 aromatic carbocycles. The van der Waals surface area contributed by atoms with Crippen LogP contribution in [-0.2, 0) is 10.0 Å². The van der Waals surface area contributed by atoms with Crippen molar-refractivity contribution in [1.29, 1.82) is 0 Å². The fourth-order valence-corrected chi connectivity index (χ4v) is 3.79. The summed E-state index contributed by atoms with van der Waals surface area (Å²) < 4.78 is 27.0. The van der Waals surface area contributed by atoms with Gasteiger partial charge in [0.2, 0.25) is 10.0 Å². The number of rotatable bonds is 1. The van der Waals surface area contributed by atoms with Gasteiger partial charge in [0.15, 0.2) is 0 Å². The van der Waals surface area contributed by atoms with E-state index in [0.717, 1.165) is 22.3 Å². The van der Waals surface area contributed by atoms with Crippen molar-refractivity contribution in [3.05, 3.63) is 28.2 Å². The number of sulfonamides is 1. The first-order chi connectivity index (χ1) is 8.50. The largest absolute Gasteiger partial charge is 0.315 e. The molecule has 1 heterocycles. The van der Waals surface area contributed by atoms with E-state index in [1.807, 2.05) is 25.1 Å². The molecule has 1 aliphatic rings. The summed E-state index contributed by atoms with van der Waals surface area (Å²) in [6.45, 7) is 3.91. The van der Waals surface area contributed by atoms with Gasteiger partial charge in [-0.3, -0.25) is 4.31 Å². The topological polar surface area (TPSA) is 49.4 Å². The summed E-state index contributed by atoms with van der Waals surface area (Å²) in [7, 11) is -3.19. The lowest BCUT2D eigenvalue weighted by atomic mass is 10.2. The van der Waals surface area contributed by atoms with Crippen LogP contribution in [0, 0.1) is 6.92 Å². The van der Waals surface area contributed by atoms with E-state index in [2.05, 4.69) is 21.2 Å². The third kappa shape index (κ3) is 3.05. The Balaban J connectivity index is 2.35.